The molecule has 5 nitrogen and oxygen atoms in total. The summed E-state index contributed by atoms with van der Waals surface area (Å²) in [4.78, 5) is 17.0. The molecule has 2 aromatic rings. The number of thioether (sulfide) groups is 1. The summed E-state index contributed by atoms with van der Waals surface area (Å²) in [6.45, 7) is 5.87. The Balaban J connectivity index is 1.89. The molecule has 2 aromatic heterocycles. The van der Waals surface area contributed by atoms with Crippen molar-refractivity contribution >= 4 is 17.7 Å². The lowest BCUT2D eigenvalue weighted by atomic mass is 10.1. The van der Waals surface area contributed by atoms with E-state index in [4.69, 9.17) is 0 Å². The minimum Gasteiger partial charge on any atom is -0.349 e. The number of hydrogen-bond acceptors (Lipinski definition) is 4. The SMILES string of the molecule is Cc1n[nH]c(C)c1[C@@H](C)NC(=O)CSc1ccncc1. The minimum atomic E-state index is -0.0423. The maximum atomic E-state index is 12.0. The summed E-state index contributed by atoms with van der Waals surface area (Å²) in [7, 11) is 0. The molecule has 0 saturated heterocycles. The lowest BCUT2D eigenvalue weighted by molar-refractivity contribution is -0.119. The third kappa shape index (κ3) is 3.60. The van der Waals surface area contributed by atoms with Crippen LogP contribution >= 0.6 is 11.8 Å². The zero-order valence-corrected chi connectivity index (χ0v) is 12.6. The summed E-state index contributed by atoms with van der Waals surface area (Å²) in [6.07, 6.45) is 3.45. The zero-order valence-electron chi connectivity index (χ0n) is 11.8. The van der Waals surface area contributed by atoms with Gasteiger partial charge in [-0.15, -0.1) is 11.8 Å². The van der Waals surface area contributed by atoms with E-state index in [-0.39, 0.29) is 11.9 Å². The van der Waals surface area contributed by atoms with Crippen LogP contribution in [0.3, 0.4) is 0 Å². The molecule has 0 bridgehead atoms. The summed E-state index contributed by atoms with van der Waals surface area (Å²) in [5, 5.41) is 10.1. The number of amides is 1. The number of H-pyrrole nitrogens is 1. The quantitative estimate of drug-likeness (QED) is 0.830. The molecule has 2 rings (SSSR count). The third-order valence-electron chi connectivity index (χ3n) is 3.02. The standard InChI is InChI=1S/C14H18N4OS/c1-9(14-10(2)17-18-11(14)3)16-13(19)8-20-12-4-6-15-7-5-12/h4-7,9H,8H2,1-3H3,(H,16,19)(H,17,18)/t9-/m1/s1. The molecule has 2 N–H and O–H groups in total. The molecule has 0 aliphatic carbocycles. The predicted octanol–water partition coefficient (Wildman–Crippen LogP) is 2.39. The largest absolute Gasteiger partial charge is 0.349 e. The molecule has 20 heavy (non-hydrogen) atoms. The number of carbonyl (C=O) groups excluding carboxylic acids is 1. The Hall–Kier alpha value is -1.82. The van der Waals surface area contributed by atoms with Crippen LogP contribution in [0.5, 0.6) is 0 Å². The first-order chi connectivity index (χ1) is 9.58. The molecule has 1 amide bonds. The molecule has 0 aromatic carbocycles. The van der Waals surface area contributed by atoms with Gasteiger partial charge in [0.05, 0.1) is 17.5 Å². The molecular formula is C14H18N4OS. The van der Waals surface area contributed by atoms with E-state index in [1.807, 2.05) is 32.9 Å². The molecule has 2 heterocycles. The van der Waals surface area contributed by atoms with E-state index in [2.05, 4.69) is 20.5 Å². The smallest absolute Gasteiger partial charge is 0.230 e. The molecule has 0 aliphatic heterocycles. The van der Waals surface area contributed by atoms with Gasteiger partial charge in [-0.2, -0.15) is 5.10 Å². The molecule has 6 heteroatoms. The van der Waals surface area contributed by atoms with E-state index in [0.29, 0.717) is 5.75 Å². The number of pyridine rings is 1. The first-order valence-electron chi connectivity index (χ1n) is 6.41. The maximum absolute atomic E-state index is 12.0. The summed E-state index contributed by atoms with van der Waals surface area (Å²) in [6, 6.07) is 3.75. The van der Waals surface area contributed by atoms with Crippen LogP contribution in [0.15, 0.2) is 29.4 Å². The molecule has 0 radical (unpaired) electrons. The van der Waals surface area contributed by atoms with E-state index in [0.717, 1.165) is 21.8 Å². The lowest BCUT2D eigenvalue weighted by Crippen LogP contribution is -2.28. The predicted molar refractivity (Wildman–Crippen MR) is 79.6 cm³/mol. The fourth-order valence-electron chi connectivity index (χ4n) is 2.14. The van der Waals surface area contributed by atoms with Crippen LogP contribution in [0.1, 0.15) is 29.9 Å². The number of nitrogens with zero attached hydrogens (tertiary/aromatic N) is 2. The van der Waals surface area contributed by atoms with Gasteiger partial charge in [-0.1, -0.05) is 0 Å². The monoisotopic (exact) mass is 290 g/mol. The van der Waals surface area contributed by atoms with E-state index in [1.54, 1.807) is 12.4 Å². The van der Waals surface area contributed by atoms with Gasteiger partial charge in [0.25, 0.3) is 0 Å². The molecule has 0 unspecified atom stereocenters. The van der Waals surface area contributed by atoms with Crippen molar-refractivity contribution in [3.8, 4) is 0 Å². The van der Waals surface area contributed by atoms with Gasteiger partial charge in [-0.3, -0.25) is 14.9 Å². The number of carbonyl (C=O) groups is 1. The van der Waals surface area contributed by atoms with Gasteiger partial charge in [-0.25, -0.2) is 0 Å². The molecule has 0 saturated carbocycles. The van der Waals surface area contributed by atoms with Crippen molar-refractivity contribution in [1.29, 1.82) is 0 Å². The number of aryl methyl sites for hydroxylation is 2. The lowest BCUT2D eigenvalue weighted by Gasteiger charge is -2.14. The fourth-order valence-corrected chi connectivity index (χ4v) is 2.83. The van der Waals surface area contributed by atoms with E-state index >= 15 is 0 Å². The molecule has 0 fully saturated rings. The van der Waals surface area contributed by atoms with Gasteiger partial charge in [-0.05, 0) is 32.9 Å². The highest BCUT2D eigenvalue weighted by Crippen LogP contribution is 2.20. The second-order valence-corrected chi connectivity index (χ2v) is 5.66. The van der Waals surface area contributed by atoms with Crippen LogP contribution in [0.25, 0.3) is 0 Å². The van der Waals surface area contributed by atoms with Crippen molar-refractivity contribution in [2.75, 3.05) is 5.75 Å². The highest BCUT2D eigenvalue weighted by atomic mass is 32.2. The fraction of sp³-hybridized carbons (Fsp3) is 0.357. The van der Waals surface area contributed by atoms with Crippen LogP contribution < -0.4 is 5.32 Å². The van der Waals surface area contributed by atoms with E-state index in [1.165, 1.54) is 11.8 Å². The molecule has 106 valence electrons. The van der Waals surface area contributed by atoms with Gasteiger partial charge in [0.1, 0.15) is 0 Å². The highest BCUT2D eigenvalue weighted by molar-refractivity contribution is 8.00. The Bertz CT molecular complexity index is 563. The van der Waals surface area contributed by atoms with Crippen molar-refractivity contribution in [1.82, 2.24) is 20.5 Å². The van der Waals surface area contributed by atoms with Crippen LogP contribution in [-0.4, -0.2) is 26.8 Å². The maximum Gasteiger partial charge on any atom is 0.230 e. The second-order valence-electron chi connectivity index (χ2n) is 4.61. The van der Waals surface area contributed by atoms with Gasteiger partial charge >= 0.3 is 0 Å². The average molecular weight is 290 g/mol. The van der Waals surface area contributed by atoms with Crippen LogP contribution in [-0.2, 0) is 4.79 Å². The Morgan fingerprint density at radius 1 is 1.40 bits per heavy atom. The summed E-state index contributed by atoms with van der Waals surface area (Å²) in [5.74, 6) is 0.406. The van der Waals surface area contributed by atoms with Gasteiger partial charge in [0, 0.05) is 28.5 Å². The van der Waals surface area contributed by atoms with Gasteiger partial charge < -0.3 is 5.32 Å². The minimum absolute atomic E-state index is 0.0133. The topological polar surface area (TPSA) is 70.7 Å². The van der Waals surface area contributed by atoms with E-state index in [9.17, 15) is 4.79 Å². The van der Waals surface area contributed by atoms with Crippen LogP contribution in [0.4, 0.5) is 0 Å². The first kappa shape index (κ1) is 14.6. The molecular weight excluding hydrogens is 272 g/mol. The van der Waals surface area contributed by atoms with Gasteiger partial charge in [0.15, 0.2) is 0 Å². The van der Waals surface area contributed by atoms with E-state index < -0.39 is 0 Å². The zero-order chi connectivity index (χ0) is 14.5. The molecule has 0 spiro atoms. The second kappa shape index (κ2) is 6.56. The van der Waals surface area contributed by atoms with Gasteiger partial charge in [0.2, 0.25) is 5.91 Å². The Morgan fingerprint density at radius 2 is 2.10 bits per heavy atom. The number of aromatic nitrogens is 3. The Labute approximate surface area is 122 Å². The van der Waals surface area contributed by atoms with Crippen molar-refractivity contribution in [2.45, 2.75) is 31.7 Å². The normalized spacial score (nSPS) is 12.2. The van der Waals surface area contributed by atoms with Crippen LogP contribution in [0.2, 0.25) is 0 Å². The number of aromatic amines is 1. The summed E-state index contributed by atoms with van der Waals surface area (Å²) in [5.41, 5.74) is 2.99. The van der Waals surface area contributed by atoms with Crippen molar-refractivity contribution in [2.24, 2.45) is 0 Å². The Kier molecular flexibility index (Phi) is 4.79. The first-order valence-corrected chi connectivity index (χ1v) is 7.40. The van der Waals surface area contributed by atoms with Crippen molar-refractivity contribution < 1.29 is 4.79 Å². The average Bonchev–Trinajstić information content (AvgIpc) is 2.77. The number of nitrogens with one attached hydrogen (secondary N) is 2. The summed E-state index contributed by atoms with van der Waals surface area (Å²) >= 11 is 1.50. The van der Waals surface area contributed by atoms with Crippen molar-refractivity contribution in [3.05, 3.63) is 41.5 Å². The number of rotatable bonds is 5. The molecule has 0 aliphatic rings. The molecule has 1 atom stereocenters. The Morgan fingerprint density at radius 3 is 2.70 bits per heavy atom. The highest BCUT2D eigenvalue weighted by Gasteiger charge is 2.16. The van der Waals surface area contributed by atoms with Crippen LogP contribution in [0, 0.1) is 13.8 Å². The summed E-state index contributed by atoms with van der Waals surface area (Å²) < 4.78 is 0. The third-order valence-corrected chi connectivity index (χ3v) is 4.03. The number of hydrogen-bond donors (Lipinski definition) is 2. The van der Waals surface area contributed by atoms with Crippen molar-refractivity contribution in [3.63, 3.8) is 0 Å².